The van der Waals surface area contributed by atoms with Gasteiger partial charge in [0.05, 0.1) is 11.0 Å². The first-order valence-electron chi connectivity index (χ1n) is 8.10. The molecule has 1 aromatic carbocycles. The van der Waals surface area contributed by atoms with Crippen LogP contribution in [0.3, 0.4) is 0 Å². The highest BCUT2D eigenvalue weighted by Gasteiger charge is 2.31. The van der Waals surface area contributed by atoms with Crippen LogP contribution in [0.2, 0.25) is 0 Å². The molecule has 2 heterocycles. The van der Waals surface area contributed by atoms with E-state index in [0.717, 1.165) is 0 Å². The van der Waals surface area contributed by atoms with E-state index in [1.807, 2.05) is 4.90 Å². The number of aromatic nitrogens is 2. The molecule has 0 saturated carbocycles. The molecule has 0 bridgehead atoms. The van der Waals surface area contributed by atoms with Crippen LogP contribution in [0, 0.1) is 5.82 Å². The normalized spacial score (nSPS) is 16.2. The van der Waals surface area contributed by atoms with Gasteiger partial charge in [0.15, 0.2) is 15.7 Å². The van der Waals surface area contributed by atoms with Crippen LogP contribution < -0.4 is 10.5 Å². The predicted octanol–water partition coefficient (Wildman–Crippen LogP) is 1.50. The van der Waals surface area contributed by atoms with Gasteiger partial charge < -0.3 is 9.47 Å². The second-order valence-corrected chi connectivity index (χ2v) is 8.53. The summed E-state index contributed by atoms with van der Waals surface area (Å²) in [6.45, 7) is 0.876. The van der Waals surface area contributed by atoms with Crippen LogP contribution in [0.25, 0.3) is 0 Å². The molecular formula is C17H20FN3O3S. The molecule has 134 valence electrons. The van der Waals surface area contributed by atoms with Gasteiger partial charge in [0, 0.05) is 38.1 Å². The van der Waals surface area contributed by atoms with Crippen LogP contribution >= 0.6 is 0 Å². The van der Waals surface area contributed by atoms with Crippen molar-refractivity contribution in [2.24, 2.45) is 7.05 Å². The van der Waals surface area contributed by atoms with E-state index in [1.54, 1.807) is 25.5 Å². The molecule has 0 aliphatic carbocycles. The molecule has 25 heavy (non-hydrogen) atoms. The Labute approximate surface area is 145 Å². The Hall–Kier alpha value is -2.22. The summed E-state index contributed by atoms with van der Waals surface area (Å²) in [5.74, 6) is -0.453. The molecule has 3 rings (SSSR count). The molecule has 1 saturated heterocycles. The second-order valence-electron chi connectivity index (χ2n) is 6.25. The van der Waals surface area contributed by atoms with Crippen LogP contribution in [0.4, 0.5) is 10.2 Å². The summed E-state index contributed by atoms with van der Waals surface area (Å²) in [6.07, 6.45) is 3.93. The Morgan fingerprint density at radius 2 is 1.92 bits per heavy atom. The summed E-state index contributed by atoms with van der Waals surface area (Å²) in [5, 5.41) is -0.532. The maximum Gasteiger partial charge on any atom is 0.293 e. The van der Waals surface area contributed by atoms with E-state index in [-0.39, 0.29) is 16.9 Å². The van der Waals surface area contributed by atoms with Gasteiger partial charge >= 0.3 is 0 Å². The number of benzene rings is 1. The summed E-state index contributed by atoms with van der Waals surface area (Å²) < 4.78 is 40.4. The summed E-state index contributed by atoms with van der Waals surface area (Å²) in [5.41, 5.74) is -0.00121. The molecule has 1 fully saturated rings. The first kappa shape index (κ1) is 17.6. The van der Waals surface area contributed by atoms with E-state index in [2.05, 4.69) is 4.98 Å². The highest BCUT2D eigenvalue weighted by Crippen LogP contribution is 2.23. The molecule has 0 amide bonds. The van der Waals surface area contributed by atoms with Gasteiger partial charge in [-0.3, -0.25) is 4.79 Å². The van der Waals surface area contributed by atoms with Gasteiger partial charge in [-0.05, 0) is 18.9 Å². The van der Waals surface area contributed by atoms with E-state index in [1.165, 1.54) is 22.8 Å². The first-order valence-corrected chi connectivity index (χ1v) is 9.81. The Balaban J connectivity index is 1.70. The molecule has 1 aromatic heterocycles. The number of aryl methyl sites for hydroxylation is 1. The van der Waals surface area contributed by atoms with Crippen molar-refractivity contribution in [1.29, 1.82) is 0 Å². The Kier molecular flexibility index (Phi) is 4.89. The largest absolute Gasteiger partial charge is 0.352 e. The molecule has 0 atom stereocenters. The SMILES string of the molecule is Cn1ccnc(N2CCC(S(=O)(=O)Cc3ccccc3F)CC2)c1=O. The monoisotopic (exact) mass is 365 g/mol. The highest BCUT2D eigenvalue weighted by atomic mass is 32.2. The fourth-order valence-corrected chi connectivity index (χ4v) is 4.91. The van der Waals surface area contributed by atoms with E-state index < -0.39 is 20.9 Å². The Morgan fingerprint density at radius 1 is 1.24 bits per heavy atom. The Morgan fingerprint density at radius 3 is 2.60 bits per heavy atom. The van der Waals surface area contributed by atoms with Crippen molar-refractivity contribution in [3.05, 3.63) is 58.4 Å². The van der Waals surface area contributed by atoms with Crippen LogP contribution in [-0.2, 0) is 22.6 Å². The second kappa shape index (κ2) is 6.95. The van der Waals surface area contributed by atoms with E-state index in [9.17, 15) is 17.6 Å². The summed E-state index contributed by atoms with van der Waals surface area (Å²) in [4.78, 5) is 18.1. The quantitative estimate of drug-likeness (QED) is 0.821. The minimum Gasteiger partial charge on any atom is -0.352 e. The molecule has 1 aliphatic heterocycles. The Bertz CT molecular complexity index is 919. The van der Waals surface area contributed by atoms with Crippen molar-refractivity contribution in [3.63, 3.8) is 0 Å². The van der Waals surface area contributed by atoms with Gasteiger partial charge in [-0.1, -0.05) is 18.2 Å². The minimum atomic E-state index is -3.45. The molecule has 1 aliphatic rings. The summed E-state index contributed by atoms with van der Waals surface area (Å²) in [6, 6.07) is 5.94. The maximum atomic E-state index is 13.7. The van der Waals surface area contributed by atoms with Gasteiger partial charge in [0.2, 0.25) is 0 Å². The summed E-state index contributed by atoms with van der Waals surface area (Å²) in [7, 11) is -1.80. The van der Waals surface area contributed by atoms with E-state index in [4.69, 9.17) is 0 Å². The molecular weight excluding hydrogens is 345 g/mol. The third-order valence-electron chi connectivity index (χ3n) is 4.56. The number of halogens is 1. The maximum absolute atomic E-state index is 13.7. The van der Waals surface area contributed by atoms with Crippen LogP contribution in [0.5, 0.6) is 0 Å². The standard InChI is InChI=1S/C17H20FN3O3S/c1-20-11-8-19-16(17(20)22)21-9-6-14(7-10-21)25(23,24)12-13-4-2-3-5-15(13)18/h2-5,8,11,14H,6-7,9-10,12H2,1H3. The number of rotatable bonds is 4. The van der Waals surface area contributed by atoms with Crippen molar-refractivity contribution in [2.75, 3.05) is 18.0 Å². The van der Waals surface area contributed by atoms with E-state index >= 15 is 0 Å². The van der Waals surface area contributed by atoms with Crippen molar-refractivity contribution in [2.45, 2.75) is 23.8 Å². The van der Waals surface area contributed by atoms with Gasteiger partial charge in [-0.15, -0.1) is 0 Å². The molecule has 0 unspecified atom stereocenters. The predicted molar refractivity (Wildman–Crippen MR) is 93.7 cm³/mol. The average molecular weight is 365 g/mol. The number of hydrogen-bond acceptors (Lipinski definition) is 5. The number of nitrogens with zero attached hydrogens (tertiary/aromatic N) is 3. The lowest BCUT2D eigenvalue weighted by molar-refractivity contribution is 0.524. The average Bonchev–Trinajstić information content (AvgIpc) is 2.59. The van der Waals surface area contributed by atoms with Crippen molar-refractivity contribution >= 4 is 15.7 Å². The molecule has 6 nitrogen and oxygen atoms in total. The van der Waals surface area contributed by atoms with Gasteiger partial charge in [-0.25, -0.2) is 17.8 Å². The van der Waals surface area contributed by atoms with Crippen molar-refractivity contribution in [3.8, 4) is 0 Å². The zero-order chi connectivity index (χ0) is 18.0. The number of anilines is 1. The zero-order valence-corrected chi connectivity index (χ0v) is 14.7. The third-order valence-corrected chi connectivity index (χ3v) is 6.76. The fourth-order valence-electron chi connectivity index (χ4n) is 3.08. The highest BCUT2D eigenvalue weighted by molar-refractivity contribution is 7.91. The van der Waals surface area contributed by atoms with Gasteiger partial charge in [0.25, 0.3) is 5.56 Å². The smallest absolute Gasteiger partial charge is 0.293 e. The fraction of sp³-hybridized carbons (Fsp3) is 0.412. The van der Waals surface area contributed by atoms with E-state index in [0.29, 0.717) is 31.7 Å². The molecule has 0 N–H and O–H groups in total. The number of sulfone groups is 1. The summed E-state index contributed by atoms with van der Waals surface area (Å²) >= 11 is 0. The lowest BCUT2D eigenvalue weighted by atomic mass is 10.1. The molecule has 0 spiro atoms. The molecule has 0 radical (unpaired) electrons. The first-order chi connectivity index (χ1) is 11.9. The third kappa shape index (κ3) is 3.73. The van der Waals surface area contributed by atoms with Gasteiger partial charge in [-0.2, -0.15) is 0 Å². The van der Waals surface area contributed by atoms with Crippen LogP contribution in [-0.4, -0.2) is 36.3 Å². The van der Waals surface area contributed by atoms with Gasteiger partial charge in [0.1, 0.15) is 5.82 Å². The lowest BCUT2D eigenvalue weighted by Crippen LogP contribution is -2.42. The number of hydrogen-bond donors (Lipinski definition) is 0. The van der Waals surface area contributed by atoms with Crippen LogP contribution in [0.15, 0.2) is 41.5 Å². The topological polar surface area (TPSA) is 72.3 Å². The van der Waals surface area contributed by atoms with Crippen molar-refractivity contribution in [1.82, 2.24) is 9.55 Å². The molecule has 8 heteroatoms. The van der Waals surface area contributed by atoms with Crippen molar-refractivity contribution < 1.29 is 12.8 Å². The van der Waals surface area contributed by atoms with Crippen LogP contribution in [0.1, 0.15) is 18.4 Å². The zero-order valence-electron chi connectivity index (χ0n) is 13.9. The lowest BCUT2D eigenvalue weighted by Gasteiger charge is -2.32. The molecule has 2 aromatic rings. The number of piperidine rings is 1. The minimum absolute atomic E-state index is 0.198.